The Hall–Kier alpha value is -3.32. The van der Waals surface area contributed by atoms with Crippen LogP contribution in [0.5, 0.6) is 0 Å². The fraction of sp³-hybridized carbons (Fsp3) is 0. The van der Waals surface area contributed by atoms with Crippen LogP contribution in [0.4, 0.5) is 17.1 Å². The second-order valence-corrected chi connectivity index (χ2v) is 6.45. The summed E-state index contributed by atoms with van der Waals surface area (Å²) in [5, 5.41) is 20.1. The molecule has 0 bridgehead atoms. The summed E-state index contributed by atoms with van der Waals surface area (Å²) in [5.41, 5.74) is 1.95. The Labute approximate surface area is 163 Å². The molecule has 0 aromatic heterocycles. The largest absolute Gasteiger partial charge is 0.478 e. The number of anilines is 1. The van der Waals surface area contributed by atoms with Crippen molar-refractivity contribution >= 4 is 44.9 Å². The second-order valence-electron chi connectivity index (χ2n) is 5.53. The molecule has 3 aromatic carbocycles. The number of amides is 1. The van der Waals surface area contributed by atoms with E-state index in [1.165, 1.54) is 12.1 Å². The maximum Gasteiger partial charge on any atom is 0.337 e. The van der Waals surface area contributed by atoms with Crippen LogP contribution >= 0.6 is 15.9 Å². The van der Waals surface area contributed by atoms with Gasteiger partial charge in [-0.25, -0.2) is 4.79 Å². The maximum absolute atomic E-state index is 12.4. The molecule has 0 heterocycles. The van der Waals surface area contributed by atoms with Crippen LogP contribution in [-0.2, 0) is 0 Å². The number of azo groups is 1. The fourth-order valence-corrected chi connectivity index (χ4v) is 2.65. The van der Waals surface area contributed by atoms with Crippen molar-refractivity contribution in [2.45, 2.75) is 0 Å². The van der Waals surface area contributed by atoms with E-state index < -0.39 is 11.9 Å². The molecule has 0 aliphatic rings. The highest BCUT2D eigenvalue weighted by Crippen LogP contribution is 2.23. The lowest BCUT2D eigenvalue weighted by Crippen LogP contribution is -2.14. The van der Waals surface area contributed by atoms with Crippen LogP contribution in [0.25, 0.3) is 0 Å². The average molecular weight is 424 g/mol. The van der Waals surface area contributed by atoms with Gasteiger partial charge in [-0.1, -0.05) is 34.1 Å². The minimum absolute atomic E-state index is 0.00556. The van der Waals surface area contributed by atoms with Gasteiger partial charge in [0.15, 0.2) is 0 Å². The van der Waals surface area contributed by atoms with E-state index in [0.29, 0.717) is 15.7 Å². The molecule has 3 aromatic rings. The summed E-state index contributed by atoms with van der Waals surface area (Å²) in [4.78, 5) is 23.7. The SMILES string of the molecule is O=C(Nc1ccc(Br)cc1C(=O)O)c1ccc(/N=N/c2ccccc2)cc1. The van der Waals surface area contributed by atoms with Gasteiger partial charge >= 0.3 is 5.97 Å². The van der Waals surface area contributed by atoms with E-state index >= 15 is 0 Å². The molecule has 27 heavy (non-hydrogen) atoms. The molecule has 0 radical (unpaired) electrons. The van der Waals surface area contributed by atoms with Gasteiger partial charge < -0.3 is 10.4 Å². The minimum Gasteiger partial charge on any atom is -0.478 e. The van der Waals surface area contributed by atoms with Gasteiger partial charge in [-0.15, -0.1) is 0 Å². The number of carboxylic acid groups (broad SMARTS) is 1. The van der Waals surface area contributed by atoms with Crippen molar-refractivity contribution in [3.8, 4) is 0 Å². The maximum atomic E-state index is 12.4. The Morgan fingerprint density at radius 3 is 2.11 bits per heavy atom. The van der Waals surface area contributed by atoms with Gasteiger partial charge in [0, 0.05) is 10.0 Å². The Bertz CT molecular complexity index is 1000. The van der Waals surface area contributed by atoms with Crippen LogP contribution in [0.1, 0.15) is 20.7 Å². The fourth-order valence-electron chi connectivity index (χ4n) is 2.29. The van der Waals surface area contributed by atoms with Crippen LogP contribution in [0, 0.1) is 0 Å². The van der Waals surface area contributed by atoms with Crippen molar-refractivity contribution in [1.82, 2.24) is 0 Å². The number of benzene rings is 3. The first-order valence-corrected chi connectivity index (χ1v) is 8.73. The molecule has 0 saturated heterocycles. The van der Waals surface area contributed by atoms with Crippen LogP contribution in [-0.4, -0.2) is 17.0 Å². The molecule has 134 valence electrons. The number of carbonyl (C=O) groups excluding carboxylic acids is 1. The normalized spacial score (nSPS) is 10.7. The number of nitrogens with one attached hydrogen (secondary N) is 1. The first-order valence-electron chi connectivity index (χ1n) is 7.94. The highest BCUT2D eigenvalue weighted by atomic mass is 79.9. The van der Waals surface area contributed by atoms with Gasteiger partial charge in [-0.3, -0.25) is 4.79 Å². The summed E-state index contributed by atoms with van der Waals surface area (Å²) in [6, 6.07) is 20.5. The predicted molar refractivity (Wildman–Crippen MR) is 106 cm³/mol. The third-order valence-electron chi connectivity index (χ3n) is 3.63. The number of nitrogens with zero attached hydrogens (tertiary/aromatic N) is 2. The molecular formula is C20H14BrN3O3. The molecule has 0 spiro atoms. The molecule has 0 fully saturated rings. The summed E-state index contributed by atoms with van der Waals surface area (Å²) in [5.74, 6) is -1.53. The number of hydrogen-bond donors (Lipinski definition) is 2. The molecule has 3 rings (SSSR count). The predicted octanol–water partition coefficient (Wildman–Crippen LogP) is 5.82. The molecule has 0 aliphatic carbocycles. The summed E-state index contributed by atoms with van der Waals surface area (Å²) in [7, 11) is 0. The molecule has 0 atom stereocenters. The van der Waals surface area contributed by atoms with Crippen molar-refractivity contribution in [2.24, 2.45) is 10.2 Å². The monoisotopic (exact) mass is 423 g/mol. The Morgan fingerprint density at radius 1 is 0.852 bits per heavy atom. The van der Waals surface area contributed by atoms with Crippen molar-refractivity contribution in [3.05, 3.63) is 88.4 Å². The van der Waals surface area contributed by atoms with Crippen molar-refractivity contribution < 1.29 is 14.7 Å². The second kappa shape index (κ2) is 8.37. The highest BCUT2D eigenvalue weighted by molar-refractivity contribution is 9.10. The van der Waals surface area contributed by atoms with Gasteiger partial charge in [0.05, 0.1) is 22.6 Å². The lowest BCUT2D eigenvalue weighted by molar-refractivity contribution is 0.0698. The van der Waals surface area contributed by atoms with Crippen molar-refractivity contribution in [1.29, 1.82) is 0 Å². The number of hydrogen-bond acceptors (Lipinski definition) is 4. The van der Waals surface area contributed by atoms with Gasteiger partial charge in [-0.05, 0) is 54.6 Å². The zero-order valence-electron chi connectivity index (χ0n) is 14.0. The molecule has 0 aliphatic heterocycles. The Kier molecular flexibility index (Phi) is 5.73. The number of carboxylic acids is 1. The first-order chi connectivity index (χ1) is 13.0. The first kappa shape index (κ1) is 18.5. The van der Waals surface area contributed by atoms with Crippen LogP contribution in [0.2, 0.25) is 0 Å². The number of carbonyl (C=O) groups is 2. The van der Waals surface area contributed by atoms with E-state index in [1.54, 1.807) is 30.3 Å². The van der Waals surface area contributed by atoms with Gasteiger partial charge in [0.2, 0.25) is 0 Å². The molecular weight excluding hydrogens is 410 g/mol. The summed E-state index contributed by atoms with van der Waals surface area (Å²) < 4.78 is 0.617. The zero-order valence-corrected chi connectivity index (χ0v) is 15.6. The minimum atomic E-state index is -1.12. The zero-order chi connectivity index (χ0) is 19.2. The molecule has 6 nitrogen and oxygen atoms in total. The van der Waals surface area contributed by atoms with Crippen molar-refractivity contribution in [3.63, 3.8) is 0 Å². The lowest BCUT2D eigenvalue weighted by atomic mass is 10.1. The van der Waals surface area contributed by atoms with E-state index in [9.17, 15) is 14.7 Å². The summed E-state index contributed by atoms with van der Waals surface area (Å²) >= 11 is 3.22. The third kappa shape index (κ3) is 4.86. The average Bonchev–Trinajstić information content (AvgIpc) is 2.68. The Morgan fingerprint density at radius 2 is 1.48 bits per heavy atom. The van der Waals surface area contributed by atoms with E-state index in [2.05, 4.69) is 31.5 Å². The van der Waals surface area contributed by atoms with Crippen LogP contribution < -0.4 is 5.32 Å². The van der Waals surface area contributed by atoms with E-state index in [-0.39, 0.29) is 11.3 Å². The molecule has 0 unspecified atom stereocenters. The summed E-state index contributed by atoms with van der Waals surface area (Å²) in [6.45, 7) is 0. The van der Waals surface area contributed by atoms with Crippen LogP contribution in [0.15, 0.2) is 87.5 Å². The van der Waals surface area contributed by atoms with E-state index in [1.807, 2.05) is 30.3 Å². The standard InChI is InChI=1S/C20H14BrN3O3/c21-14-8-11-18(17(12-14)20(26)27)22-19(25)13-6-9-16(10-7-13)24-23-15-4-2-1-3-5-15/h1-12H,(H,22,25)(H,26,27)/b24-23+. The van der Waals surface area contributed by atoms with Gasteiger partial charge in [-0.2, -0.15) is 10.2 Å². The molecule has 2 N–H and O–H groups in total. The topological polar surface area (TPSA) is 91.1 Å². The van der Waals surface area contributed by atoms with Crippen LogP contribution in [0.3, 0.4) is 0 Å². The van der Waals surface area contributed by atoms with Gasteiger partial charge in [0.25, 0.3) is 5.91 Å². The summed E-state index contributed by atoms with van der Waals surface area (Å²) in [6.07, 6.45) is 0. The number of aromatic carboxylic acids is 1. The molecule has 1 amide bonds. The smallest absolute Gasteiger partial charge is 0.337 e. The molecule has 7 heteroatoms. The highest BCUT2D eigenvalue weighted by Gasteiger charge is 2.14. The van der Waals surface area contributed by atoms with E-state index in [0.717, 1.165) is 5.69 Å². The van der Waals surface area contributed by atoms with Gasteiger partial charge in [0.1, 0.15) is 0 Å². The molecule has 0 saturated carbocycles. The number of rotatable bonds is 5. The lowest BCUT2D eigenvalue weighted by Gasteiger charge is -2.09. The third-order valence-corrected chi connectivity index (χ3v) is 4.12. The number of halogens is 1. The Balaban J connectivity index is 1.73. The van der Waals surface area contributed by atoms with Crippen molar-refractivity contribution in [2.75, 3.05) is 5.32 Å². The quantitative estimate of drug-likeness (QED) is 0.506. The van der Waals surface area contributed by atoms with E-state index in [4.69, 9.17) is 0 Å².